The van der Waals surface area contributed by atoms with Gasteiger partial charge in [0, 0.05) is 18.4 Å². The SMILES string of the molecule is COc1ccc(C2Cc3c(OC(C)=O)cccc3N(C(N)=O)c3ccccc32)cc1. The van der Waals surface area contributed by atoms with Crippen molar-refractivity contribution < 1.29 is 19.1 Å². The van der Waals surface area contributed by atoms with E-state index in [0.717, 1.165) is 22.4 Å². The second-order valence-electron chi connectivity index (χ2n) is 7.11. The zero-order valence-corrected chi connectivity index (χ0v) is 16.8. The number of benzene rings is 3. The molecule has 1 atom stereocenters. The first-order chi connectivity index (χ1) is 14.5. The van der Waals surface area contributed by atoms with Crippen LogP contribution in [0.4, 0.5) is 16.2 Å². The number of nitrogens with zero attached hydrogens (tertiary/aromatic N) is 1. The van der Waals surface area contributed by atoms with Gasteiger partial charge in [0.25, 0.3) is 0 Å². The zero-order valence-electron chi connectivity index (χ0n) is 16.8. The summed E-state index contributed by atoms with van der Waals surface area (Å²) in [5.41, 5.74) is 9.90. The van der Waals surface area contributed by atoms with Gasteiger partial charge in [-0.15, -0.1) is 0 Å². The van der Waals surface area contributed by atoms with Gasteiger partial charge in [0.15, 0.2) is 0 Å². The monoisotopic (exact) mass is 402 g/mol. The highest BCUT2D eigenvalue weighted by molar-refractivity contribution is 6.01. The molecule has 2 N–H and O–H groups in total. The highest BCUT2D eigenvalue weighted by atomic mass is 16.5. The lowest BCUT2D eigenvalue weighted by Crippen LogP contribution is -2.32. The first-order valence-electron chi connectivity index (χ1n) is 9.62. The number of urea groups is 1. The number of hydrogen-bond donors (Lipinski definition) is 1. The van der Waals surface area contributed by atoms with E-state index in [9.17, 15) is 9.59 Å². The number of esters is 1. The molecule has 1 aliphatic rings. The van der Waals surface area contributed by atoms with Crippen LogP contribution >= 0.6 is 0 Å². The average molecular weight is 402 g/mol. The van der Waals surface area contributed by atoms with Crippen molar-refractivity contribution in [1.82, 2.24) is 0 Å². The topological polar surface area (TPSA) is 81.9 Å². The molecule has 0 saturated heterocycles. The fraction of sp³-hybridized carbons (Fsp3) is 0.167. The number of carbonyl (C=O) groups is 2. The van der Waals surface area contributed by atoms with Crippen molar-refractivity contribution in [3.63, 3.8) is 0 Å². The van der Waals surface area contributed by atoms with Crippen LogP contribution in [0, 0.1) is 0 Å². The minimum Gasteiger partial charge on any atom is -0.497 e. The van der Waals surface area contributed by atoms with E-state index in [2.05, 4.69) is 0 Å². The van der Waals surface area contributed by atoms with E-state index in [4.69, 9.17) is 15.2 Å². The van der Waals surface area contributed by atoms with Crippen molar-refractivity contribution in [1.29, 1.82) is 0 Å². The minimum atomic E-state index is -0.598. The van der Waals surface area contributed by atoms with Crippen molar-refractivity contribution in [3.05, 3.63) is 83.4 Å². The van der Waals surface area contributed by atoms with Gasteiger partial charge in [-0.3, -0.25) is 9.69 Å². The number of fused-ring (bicyclic) bond motifs is 2. The number of hydrogen-bond acceptors (Lipinski definition) is 4. The van der Waals surface area contributed by atoms with Crippen LogP contribution in [0.25, 0.3) is 0 Å². The summed E-state index contributed by atoms with van der Waals surface area (Å²) in [4.78, 5) is 25.7. The fourth-order valence-electron chi connectivity index (χ4n) is 4.02. The summed E-state index contributed by atoms with van der Waals surface area (Å²) < 4.78 is 10.8. The molecule has 0 spiro atoms. The van der Waals surface area contributed by atoms with Gasteiger partial charge < -0.3 is 15.2 Å². The Morgan fingerprint density at radius 1 is 0.967 bits per heavy atom. The summed E-state index contributed by atoms with van der Waals surface area (Å²) in [6, 6.07) is 20.2. The second-order valence-corrected chi connectivity index (χ2v) is 7.11. The fourth-order valence-corrected chi connectivity index (χ4v) is 4.02. The third-order valence-electron chi connectivity index (χ3n) is 5.30. The molecule has 3 aromatic carbocycles. The number of carbonyl (C=O) groups excluding carboxylic acids is 2. The summed E-state index contributed by atoms with van der Waals surface area (Å²) >= 11 is 0. The molecular formula is C24H22N2O4. The van der Waals surface area contributed by atoms with Gasteiger partial charge in [-0.2, -0.15) is 0 Å². The van der Waals surface area contributed by atoms with Crippen molar-refractivity contribution in [2.45, 2.75) is 19.3 Å². The molecule has 0 saturated carbocycles. The molecule has 0 fully saturated rings. The summed E-state index contributed by atoms with van der Waals surface area (Å²) in [6.07, 6.45) is 0.534. The summed E-state index contributed by atoms with van der Waals surface area (Å²) in [5.74, 6) is 0.696. The van der Waals surface area contributed by atoms with Crippen LogP contribution in [0.5, 0.6) is 11.5 Å². The molecule has 152 valence electrons. The second kappa shape index (κ2) is 7.91. The molecule has 6 heteroatoms. The van der Waals surface area contributed by atoms with Crippen LogP contribution in [0.1, 0.15) is 29.5 Å². The molecule has 1 unspecified atom stereocenters. The Morgan fingerprint density at radius 2 is 1.67 bits per heavy atom. The lowest BCUT2D eigenvalue weighted by Gasteiger charge is -2.24. The van der Waals surface area contributed by atoms with Crippen LogP contribution < -0.4 is 20.1 Å². The Hall–Kier alpha value is -3.80. The number of amides is 2. The summed E-state index contributed by atoms with van der Waals surface area (Å²) in [7, 11) is 1.63. The normalized spacial score (nSPS) is 14.9. The lowest BCUT2D eigenvalue weighted by molar-refractivity contribution is -0.131. The highest BCUT2D eigenvalue weighted by Crippen LogP contribution is 2.46. The first-order valence-corrected chi connectivity index (χ1v) is 9.62. The van der Waals surface area contributed by atoms with E-state index >= 15 is 0 Å². The Morgan fingerprint density at radius 3 is 2.33 bits per heavy atom. The molecule has 3 aromatic rings. The molecule has 1 heterocycles. The van der Waals surface area contributed by atoms with Crippen molar-refractivity contribution >= 4 is 23.4 Å². The zero-order chi connectivity index (χ0) is 21.3. The third-order valence-corrected chi connectivity index (χ3v) is 5.30. The standard InChI is InChI=1S/C24H22N2O4/c1-15(27)30-23-9-5-8-22-20(23)14-19(16-10-12-17(29-2)13-11-16)18-6-3-4-7-21(18)26(22)24(25)28/h3-13,19H,14H2,1-2H3,(H2,25,28). The molecule has 30 heavy (non-hydrogen) atoms. The molecule has 0 aliphatic carbocycles. The molecule has 2 amide bonds. The number of ether oxygens (including phenoxy) is 2. The lowest BCUT2D eigenvalue weighted by atomic mass is 9.85. The number of nitrogens with two attached hydrogens (primary N) is 1. The van der Waals surface area contributed by atoms with E-state index in [0.29, 0.717) is 23.5 Å². The predicted molar refractivity (Wildman–Crippen MR) is 114 cm³/mol. The Labute approximate surface area is 174 Å². The van der Waals surface area contributed by atoms with Gasteiger partial charge in [-0.05, 0) is 47.9 Å². The van der Waals surface area contributed by atoms with Gasteiger partial charge in [0.2, 0.25) is 0 Å². The molecular weight excluding hydrogens is 380 g/mol. The molecule has 0 bridgehead atoms. The molecule has 1 aliphatic heterocycles. The average Bonchev–Trinajstić information content (AvgIpc) is 2.88. The summed E-state index contributed by atoms with van der Waals surface area (Å²) in [5, 5.41) is 0. The maximum Gasteiger partial charge on any atom is 0.323 e. The molecule has 4 rings (SSSR count). The number of primary amides is 1. The van der Waals surface area contributed by atoms with Gasteiger partial charge in [-0.25, -0.2) is 4.79 Å². The number of methoxy groups -OCH3 is 1. The van der Waals surface area contributed by atoms with Gasteiger partial charge >= 0.3 is 12.0 Å². The highest BCUT2D eigenvalue weighted by Gasteiger charge is 2.32. The summed E-state index contributed by atoms with van der Waals surface area (Å²) in [6.45, 7) is 1.36. The van der Waals surface area contributed by atoms with Crippen LogP contribution in [0.3, 0.4) is 0 Å². The van der Waals surface area contributed by atoms with Crippen molar-refractivity contribution in [2.24, 2.45) is 5.73 Å². The largest absolute Gasteiger partial charge is 0.497 e. The smallest absolute Gasteiger partial charge is 0.323 e. The number of rotatable bonds is 3. The Kier molecular flexibility index (Phi) is 5.14. The van der Waals surface area contributed by atoms with Gasteiger partial charge in [-0.1, -0.05) is 36.4 Å². The van der Waals surface area contributed by atoms with Gasteiger partial charge in [0.05, 0.1) is 18.5 Å². The van der Waals surface area contributed by atoms with E-state index in [-0.39, 0.29) is 5.92 Å². The van der Waals surface area contributed by atoms with Crippen molar-refractivity contribution in [3.8, 4) is 11.5 Å². The van der Waals surface area contributed by atoms with Crippen LogP contribution in [-0.4, -0.2) is 19.1 Å². The van der Waals surface area contributed by atoms with Crippen LogP contribution in [-0.2, 0) is 11.2 Å². The predicted octanol–water partition coefficient (Wildman–Crippen LogP) is 4.53. The third kappa shape index (κ3) is 3.48. The Balaban J connectivity index is 1.96. The van der Waals surface area contributed by atoms with E-state index in [1.165, 1.54) is 11.8 Å². The number of anilines is 2. The number of para-hydroxylation sites is 1. The van der Waals surface area contributed by atoms with Crippen LogP contribution in [0.2, 0.25) is 0 Å². The maximum atomic E-state index is 12.5. The minimum absolute atomic E-state index is 0.0769. The molecule has 6 nitrogen and oxygen atoms in total. The van der Waals surface area contributed by atoms with Gasteiger partial charge in [0.1, 0.15) is 11.5 Å². The van der Waals surface area contributed by atoms with Crippen LogP contribution in [0.15, 0.2) is 66.7 Å². The maximum absolute atomic E-state index is 12.5. The Bertz CT molecular complexity index is 1110. The van der Waals surface area contributed by atoms with Crippen molar-refractivity contribution in [2.75, 3.05) is 12.0 Å². The van der Waals surface area contributed by atoms with E-state index in [1.807, 2.05) is 54.6 Å². The molecule has 0 aromatic heterocycles. The first kappa shape index (κ1) is 19.5. The van der Waals surface area contributed by atoms with E-state index < -0.39 is 12.0 Å². The van der Waals surface area contributed by atoms with E-state index in [1.54, 1.807) is 19.2 Å². The quantitative estimate of drug-likeness (QED) is 0.516. The molecule has 0 radical (unpaired) electrons.